The van der Waals surface area contributed by atoms with Gasteiger partial charge in [-0.3, -0.25) is 14.6 Å². The largest absolute Gasteiger partial charge is 0.460 e. The van der Waals surface area contributed by atoms with Crippen LogP contribution in [0.15, 0.2) is 40.9 Å². The van der Waals surface area contributed by atoms with Crippen LogP contribution in [0.1, 0.15) is 32.2 Å². The molecule has 176 valence electrons. The Morgan fingerprint density at radius 1 is 1.24 bits per heavy atom. The van der Waals surface area contributed by atoms with Crippen LogP contribution in [0.5, 0.6) is 11.5 Å². The first-order valence-corrected chi connectivity index (χ1v) is 11.8. The molecular formula is C25H25N3O5S. The van der Waals surface area contributed by atoms with Gasteiger partial charge in [-0.1, -0.05) is 0 Å². The highest BCUT2D eigenvalue weighted by molar-refractivity contribution is 7.21. The average molecular weight is 480 g/mol. The smallest absolute Gasteiger partial charge is 0.264 e. The zero-order valence-electron chi connectivity index (χ0n) is 19.5. The highest BCUT2D eigenvalue weighted by Gasteiger charge is 2.28. The number of benzene rings is 1. The molecule has 8 nitrogen and oxygen atoms in total. The number of methoxy groups -OCH3 is 1. The van der Waals surface area contributed by atoms with Gasteiger partial charge < -0.3 is 23.7 Å². The van der Waals surface area contributed by atoms with E-state index in [1.165, 1.54) is 16.2 Å². The number of carbonyl (C=O) groups is 2. The van der Waals surface area contributed by atoms with Crippen molar-refractivity contribution in [2.24, 2.45) is 0 Å². The number of amides is 2. The summed E-state index contributed by atoms with van der Waals surface area (Å²) in [7, 11) is 5.10. The normalized spacial score (nSPS) is 15.9. The van der Waals surface area contributed by atoms with Crippen molar-refractivity contribution in [2.75, 3.05) is 34.3 Å². The van der Waals surface area contributed by atoms with Crippen LogP contribution in [0.25, 0.3) is 21.2 Å². The number of pyridine rings is 1. The molecule has 1 saturated heterocycles. The van der Waals surface area contributed by atoms with E-state index in [0.29, 0.717) is 51.9 Å². The molecule has 1 unspecified atom stereocenters. The van der Waals surface area contributed by atoms with E-state index in [2.05, 4.69) is 4.98 Å². The molecule has 1 atom stereocenters. The van der Waals surface area contributed by atoms with E-state index in [9.17, 15) is 9.59 Å². The van der Waals surface area contributed by atoms with Gasteiger partial charge in [-0.2, -0.15) is 0 Å². The summed E-state index contributed by atoms with van der Waals surface area (Å²) >= 11 is 1.37. The van der Waals surface area contributed by atoms with Crippen molar-refractivity contribution in [1.82, 2.24) is 14.8 Å². The van der Waals surface area contributed by atoms with Gasteiger partial charge in [-0.05, 0) is 31.5 Å². The molecule has 0 N–H and O–H groups in total. The van der Waals surface area contributed by atoms with Gasteiger partial charge in [-0.25, -0.2) is 0 Å². The lowest BCUT2D eigenvalue weighted by Crippen LogP contribution is -2.29. The molecule has 1 fully saturated rings. The second-order valence-corrected chi connectivity index (χ2v) is 9.58. The van der Waals surface area contributed by atoms with Crippen LogP contribution in [-0.4, -0.2) is 67.0 Å². The quantitative estimate of drug-likeness (QED) is 0.412. The van der Waals surface area contributed by atoms with Gasteiger partial charge in [0.1, 0.15) is 22.8 Å². The van der Waals surface area contributed by atoms with Crippen molar-refractivity contribution in [2.45, 2.75) is 19.4 Å². The van der Waals surface area contributed by atoms with Crippen LogP contribution in [0, 0.1) is 6.92 Å². The monoisotopic (exact) mass is 479 g/mol. The van der Waals surface area contributed by atoms with Crippen LogP contribution in [0.2, 0.25) is 0 Å². The number of aromatic nitrogens is 1. The number of hydrogen-bond acceptors (Lipinski definition) is 7. The van der Waals surface area contributed by atoms with Crippen LogP contribution in [0.4, 0.5) is 0 Å². The summed E-state index contributed by atoms with van der Waals surface area (Å²) in [4.78, 5) is 33.9. The minimum Gasteiger partial charge on any atom is -0.460 e. The van der Waals surface area contributed by atoms with E-state index in [4.69, 9.17) is 13.9 Å². The Bertz CT molecular complexity index is 1410. The molecule has 1 aromatic carbocycles. The number of hydrogen-bond donors (Lipinski definition) is 0. The number of rotatable bonds is 5. The Labute approximate surface area is 200 Å². The Kier molecular flexibility index (Phi) is 5.75. The summed E-state index contributed by atoms with van der Waals surface area (Å²) in [6.07, 6.45) is 2.60. The van der Waals surface area contributed by atoms with Crippen molar-refractivity contribution in [3.05, 3.63) is 52.7 Å². The molecule has 0 radical (unpaired) electrons. The average Bonchev–Trinajstić information content (AvgIpc) is 3.54. The van der Waals surface area contributed by atoms with Crippen LogP contribution < -0.4 is 4.74 Å². The van der Waals surface area contributed by atoms with Gasteiger partial charge >= 0.3 is 0 Å². The van der Waals surface area contributed by atoms with E-state index >= 15 is 0 Å². The predicted molar refractivity (Wildman–Crippen MR) is 130 cm³/mol. The third-order valence-corrected chi connectivity index (χ3v) is 7.16. The lowest BCUT2D eigenvalue weighted by atomic mass is 10.1. The zero-order valence-corrected chi connectivity index (χ0v) is 20.3. The molecule has 0 saturated carbocycles. The lowest BCUT2D eigenvalue weighted by molar-refractivity contribution is 0.0728. The minimum atomic E-state index is -0.105. The van der Waals surface area contributed by atoms with Crippen molar-refractivity contribution in [1.29, 1.82) is 0 Å². The summed E-state index contributed by atoms with van der Waals surface area (Å²) in [5.74, 6) is 1.63. The van der Waals surface area contributed by atoms with Crippen LogP contribution in [0.3, 0.4) is 0 Å². The highest BCUT2D eigenvalue weighted by Crippen LogP contribution is 2.37. The van der Waals surface area contributed by atoms with Crippen molar-refractivity contribution < 1.29 is 23.5 Å². The molecule has 4 aromatic rings. The van der Waals surface area contributed by atoms with Gasteiger partial charge in [-0.15, -0.1) is 11.3 Å². The molecule has 5 rings (SSSR count). The van der Waals surface area contributed by atoms with Crippen molar-refractivity contribution in [3.8, 4) is 11.5 Å². The SMILES string of the molecule is COC1CCN(C(=O)c2cc3nccc(Oc4ccc5c(C(=O)N(C)C)c(C)oc5c4)c3s2)C1. The Balaban J connectivity index is 1.44. The first-order valence-electron chi connectivity index (χ1n) is 11.0. The summed E-state index contributed by atoms with van der Waals surface area (Å²) < 4.78 is 18.2. The standard InChI is InChI=1S/C25H25N3O5S/c1-14-22(25(30)27(2)3)17-6-5-15(11-20(17)32-14)33-19-7-9-26-18-12-21(34-23(18)19)24(29)28-10-8-16(13-28)31-4/h5-7,9,11-12,16H,8,10,13H2,1-4H3. The zero-order chi connectivity index (χ0) is 24.0. The molecule has 1 aliphatic heterocycles. The molecule has 4 heterocycles. The van der Waals surface area contributed by atoms with Crippen molar-refractivity contribution >= 4 is 44.3 Å². The van der Waals surface area contributed by atoms with Gasteiger partial charge in [0.05, 0.1) is 26.8 Å². The number of thiophene rings is 1. The number of likely N-dealkylation sites (tertiary alicyclic amines) is 1. The van der Waals surface area contributed by atoms with E-state index < -0.39 is 0 Å². The second kappa shape index (κ2) is 8.73. The Morgan fingerprint density at radius 2 is 2.06 bits per heavy atom. The fourth-order valence-corrected chi connectivity index (χ4v) is 5.27. The maximum atomic E-state index is 13.0. The Morgan fingerprint density at radius 3 is 2.79 bits per heavy atom. The fraction of sp³-hybridized carbons (Fsp3) is 0.320. The number of aryl methyl sites for hydroxylation is 1. The van der Waals surface area contributed by atoms with Crippen LogP contribution in [-0.2, 0) is 4.74 Å². The number of nitrogens with zero attached hydrogens (tertiary/aromatic N) is 3. The number of ether oxygens (including phenoxy) is 2. The maximum absolute atomic E-state index is 13.0. The van der Waals surface area contributed by atoms with E-state index in [1.807, 2.05) is 23.1 Å². The van der Waals surface area contributed by atoms with Crippen LogP contribution >= 0.6 is 11.3 Å². The molecule has 34 heavy (non-hydrogen) atoms. The topological polar surface area (TPSA) is 85.1 Å². The summed E-state index contributed by atoms with van der Waals surface area (Å²) in [5.41, 5.74) is 1.84. The van der Waals surface area contributed by atoms with E-state index in [0.717, 1.165) is 16.5 Å². The third-order valence-electron chi connectivity index (χ3n) is 6.04. The summed E-state index contributed by atoms with van der Waals surface area (Å²) in [5, 5.41) is 0.743. The maximum Gasteiger partial charge on any atom is 0.264 e. The minimum absolute atomic E-state index is 0.0148. The van der Waals surface area contributed by atoms with Gasteiger partial charge in [0, 0.05) is 58.0 Å². The fourth-order valence-electron chi connectivity index (χ4n) is 4.24. The van der Waals surface area contributed by atoms with E-state index in [1.54, 1.807) is 46.5 Å². The molecule has 0 bridgehead atoms. The number of fused-ring (bicyclic) bond motifs is 2. The highest BCUT2D eigenvalue weighted by atomic mass is 32.1. The summed E-state index contributed by atoms with van der Waals surface area (Å²) in [6, 6.07) is 9.01. The van der Waals surface area contributed by atoms with Crippen molar-refractivity contribution in [3.63, 3.8) is 0 Å². The van der Waals surface area contributed by atoms with E-state index in [-0.39, 0.29) is 17.9 Å². The predicted octanol–water partition coefficient (Wildman–Crippen LogP) is 4.71. The first kappa shape index (κ1) is 22.4. The number of carbonyl (C=O) groups excluding carboxylic acids is 2. The number of furan rings is 1. The third kappa shape index (κ3) is 3.91. The molecule has 3 aromatic heterocycles. The molecule has 1 aliphatic rings. The van der Waals surface area contributed by atoms with Gasteiger partial charge in [0.15, 0.2) is 0 Å². The second-order valence-electron chi connectivity index (χ2n) is 8.52. The molecule has 9 heteroatoms. The van der Waals surface area contributed by atoms with Gasteiger partial charge in [0.2, 0.25) is 0 Å². The lowest BCUT2D eigenvalue weighted by Gasteiger charge is -2.14. The molecular weight excluding hydrogens is 454 g/mol. The summed E-state index contributed by atoms with van der Waals surface area (Å²) in [6.45, 7) is 3.06. The Hall–Kier alpha value is -3.43. The first-order chi connectivity index (χ1) is 16.4. The molecule has 2 amide bonds. The molecule has 0 aliphatic carbocycles. The molecule has 0 spiro atoms. The van der Waals surface area contributed by atoms with Gasteiger partial charge in [0.25, 0.3) is 11.8 Å².